The van der Waals surface area contributed by atoms with E-state index in [1.807, 2.05) is 121 Å². The molecular formula is C46H52Cl4N4O6. The molecule has 4 aliphatic rings. The summed E-state index contributed by atoms with van der Waals surface area (Å²) in [5.74, 6) is 0.0156. The third kappa shape index (κ3) is 11.2. The Balaban J connectivity index is 0.000000181. The summed E-state index contributed by atoms with van der Waals surface area (Å²) in [6.07, 6.45) is -0.243. The first-order valence-electron chi connectivity index (χ1n) is 20.5. The van der Waals surface area contributed by atoms with Crippen LogP contribution >= 0.6 is 46.4 Å². The van der Waals surface area contributed by atoms with Crippen molar-refractivity contribution in [2.75, 3.05) is 79.8 Å². The summed E-state index contributed by atoms with van der Waals surface area (Å²) < 4.78 is 23.8. The molecule has 0 unspecified atom stereocenters. The van der Waals surface area contributed by atoms with Gasteiger partial charge in [0, 0.05) is 73.5 Å². The zero-order chi connectivity index (χ0) is 42.2. The smallest absolute Gasteiger partial charge is 0.252 e. The number of amides is 2. The predicted octanol–water partition coefficient (Wildman–Crippen LogP) is 8.71. The van der Waals surface area contributed by atoms with Gasteiger partial charge in [0.25, 0.3) is 11.8 Å². The summed E-state index contributed by atoms with van der Waals surface area (Å²) in [5.41, 5.74) is 3.97. The molecule has 4 saturated heterocycles. The van der Waals surface area contributed by atoms with Crippen LogP contribution in [0.3, 0.4) is 0 Å². The molecule has 0 aliphatic carbocycles. The van der Waals surface area contributed by atoms with Crippen molar-refractivity contribution in [3.8, 4) is 0 Å². The molecule has 0 N–H and O–H groups in total. The zero-order valence-electron chi connectivity index (χ0n) is 33.9. The number of rotatable bonds is 10. The summed E-state index contributed by atoms with van der Waals surface area (Å²) >= 11 is 24.4. The van der Waals surface area contributed by atoms with Gasteiger partial charge in [0.1, 0.15) is 24.4 Å². The molecule has 0 bridgehead atoms. The molecule has 60 heavy (non-hydrogen) atoms. The summed E-state index contributed by atoms with van der Waals surface area (Å²) in [4.78, 5) is 34.7. The van der Waals surface area contributed by atoms with Gasteiger partial charge in [-0.1, -0.05) is 94.9 Å². The van der Waals surface area contributed by atoms with E-state index in [4.69, 9.17) is 65.4 Å². The van der Waals surface area contributed by atoms with E-state index in [0.29, 0.717) is 32.9 Å². The van der Waals surface area contributed by atoms with Crippen molar-refractivity contribution in [1.29, 1.82) is 0 Å². The monoisotopic (exact) mass is 896 g/mol. The third-order valence-corrected chi connectivity index (χ3v) is 12.7. The Hall–Kier alpha value is -3.26. The first-order chi connectivity index (χ1) is 29.0. The van der Waals surface area contributed by atoms with Crippen molar-refractivity contribution in [2.24, 2.45) is 0 Å². The first-order valence-corrected chi connectivity index (χ1v) is 22.0. The van der Waals surface area contributed by atoms with Gasteiger partial charge >= 0.3 is 0 Å². The molecular weight excluding hydrogens is 846 g/mol. The Morgan fingerprint density at radius 1 is 0.467 bits per heavy atom. The maximum Gasteiger partial charge on any atom is 0.252 e. The van der Waals surface area contributed by atoms with Crippen LogP contribution in [-0.2, 0) is 28.5 Å². The molecule has 4 aromatic carbocycles. The van der Waals surface area contributed by atoms with Crippen molar-refractivity contribution in [3.63, 3.8) is 0 Å². The Kier molecular flexibility index (Phi) is 15.8. The fourth-order valence-electron chi connectivity index (χ4n) is 8.33. The molecule has 14 heteroatoms. The van der Waals surface area contributed by atoms with E-state index in [1.165, 1.54) is 0 Å². The molecule has 0 radical (unpaired) electrons. The second kappa shape index (κ2) is 21.2. The predicted molar refractivity (Wildman–Crippen MR) is 236 cm³/mol. The molecule has 6 atom stereocenters. The second-order valence-electron chi connectivity index (χ2n) is 15.6. The lowest BCUT2D eigenvalue weighted by Gasteiger charge is -2.43. The number of carbonyl (C=O) groups excluding carboxylic acids is 2. The van der Waals surface area contributed by atoms with Gasteiger partial charge in [0.2, 0.25) is 0 Å². The van der Waals surface area contributed by atoms with E-state index in [2.05, 4.69) is 9.80 Å². The molecule has 0 aromatic heterocycles. The maximum absolute atomic E-state index is 13.2. The fraction of sp³-hybridized carbons (Fsp3) is 0.435. The summed E-state index contributed by atoms with van der Waals surface area (Å²) in [6.45, 7) is 8.16. The lowest BCUT2D eigenvalue weighted by atomic mass is 9.91. The highest BCUT2D eigenvalue weighted by Crippen LogP contribution is 2.44. The highest BCUT2D eigenvalue weighted by Gasteiger charge is 2.43. The largest absolute Gasteiger partial charge is 0.379 e. The Morgan fingerprint density at radius 3 is 1.05 bits per heavy atom. The van der Waals surface area contributed by atoms with Gasteiger partial charge in [-0.3, -0.25) is 19.4 Å². The van der Waals surface area contributed by atoms with Crippen molar-refractivity contribution >= 4 is 58.2 Å². The third-order valence-electron chi connectivity index (χ3n) is 11.7. The van der Waals surface area contributed by atoms with E-state index in [1.54, 1.807) is 0 Å². The van der Waals surface area contributed by atoms with Crippen molar-refractivity contribution < 1.29 is 28.5 Å². The normalized spacial score (nSPS) is 25.5. The number of carbonyl (C=O) groups is 2. The van der Waals surface area contributed by atoms with Crippen LogP contribution in [0.2, 0.25) is 20.1 Å². The van der Waals surface area contributed by atoms with Gasteiger partial charge in [0.15, 0.2) is 0 Å². The van der Waals surface area contributed by atoms with Crippen molar-refractivity contribution in [3.05, 3.63) is 139 Å². The number of hydrogen-bond donors (Lipinski definition) is 0. The molecule has 2 amide bonds. The zero-order valence-corrected chi connectivity index (χ0v) is 37.0. The number of hydrogen-bond acceptors (Lipinski definition) is 8. The standard InChI is InChI=1S/2C23H26Cl2N2O3/c2*1-26-21(16-2-6-18(24)7-3-16)22(17-4-8-19(25)9-5-17)30-20(23(26)28)10-11-27-12-14-29-15-13-27/h2*2-9,20-22H,10-15H2,1H3/t2*20-,21+,22-/m10/s1. The molecule has 10 nitrogen and oxygen atoms in total. The van der Waals surface area contributed by atoms with E-state index in [-0.39, 0.29) is 36.1 Å². The van der Waals surface area contributed by atoms with Crippen LogP contribution in [0.4, 0.5) is 0 Å². The van der Waals surface area contributed by atoms with Crippen molar-refractivity contribution in [1.82, 2.24) is 19.6 Å². The van der Waals surface area contributed by atoms with Crippen LogP contribution in [0.25, 0.3) is 0 Å². The molecule has 320 valence electrons. The fourth-order valence-corrected chi connectivity index (χ4v) is 8.83. The van der Waals surface area contributed by atoms with Crippen LogP contribution < -0.4 is 0 Å². The first kappa shape index (κ1) is 44.8. The number of halogens is 4. The minimum absolute atomic E-state index is 0.00780. The van der Waals surface area contributed by atoms with Gasteiger partial charge < -0.3 is 28.7 Å². The minimum atomic E-state index is -0.484. The summed E-state index contributed by atoms with van der Waals surface area (Å²) in [6, 6.07) is 30.0. The molecule has 0 saturated carbocycles. The molecule has 4 fully saturated rings. The van der Waals surface area contributed by atoms with Crippen molar-refractivity contribution in [2.45, 2.75) is 49.3 Å². The van der Waals surface area contributed by atoms with Gasteiger partial charge in [0.05, 0.1) is 38.5 Å². The van der Waals surface area contributed by atoms with Gasteiger partial charge in [-0.05, 0) is 83.6 Å². The molecule has 4 aromatic rings. The maximum atomic E-state index is 13.2. The number of benzene rings is 4. The van der Waals surface area contributed by atoms with E-state index < -0.39 is 12.2 Å². The number of ether oxygens (including phenoxy) is 4. The highest BCUT2D eigenvalue weighted by atomic mass is 35.5. The molecule has 4 heterocycles. The van der Waals surface area contributed by atoms with Crippen LogP contribution in [0.1, 0.15) is 59.4 Å². The van der Waals surface area contributed by atoms with E-state index in [0.717, 1.165) is 87.9 Å². The summed E-state index contributed by atoms with van der Waals surface area (Å²) in [7, 11) is 3.71. The van der Waals surface area contributed by atoms with E-state index >= 15 is 0 Å². The van der Waals surface area contributed by atoms with Crippen LogP contribution in [0.5, 0.6) is 0 Å². The molecule has 4 aliphatic heterocycles. The topological polar surface area (TPSA) is 84.0 Å². The van der Waals surface area contributed by atoms with E-state index in [9.17, 15) is 9.59 Å². The van der Waals surface area contributed by atoms with Gasteiger partial charge in [-0.15, -0.1) is 0 Å². The molecule has 8 rings (SSSR count). The second-order valence-corrected chi connectivity index (χ2v) is 17.3. The van der Waals surface area contributed by atoms with Crippen LogP contribution in [-0.4, -0.2) is 123 Å². The van der Waals surface area contributed by atoms with Crippen LogP contribution in [0, 0.1) is 0 Å². The quantitative estimate of drug-likeness (QED) is 0.157. The average molecular weight is 899 g/mol. The Bertz CT molecular complexity index is 1850. The number of likely N-dealkylation sites (N-methyl/N-ethyl adjacent to an activating group) is 2. The number of morpholine rings is 4. The summed E-state index contributed by atoms with van der Waals surface area (Å²) in [5, 5.41) is 2.67. The Labute approximate surface area is 373 Å². The van der Waals surface area contributed by atoms with Gasteiger partial charge in [-0.2, -0.15) is 0 Å². The number of nitrogens with zero attached hydrogens (tertiary/aromatic N) is 4. The Morgan fingerprint density at radius 2 is 0.750 bits per heavy atom. The molecule has 0 spiro atoms. The minimum Gasteiger partial charge on any atom is -0.379 e. The van der Waals surface area contributed by atoms with Crippen LogP contribution in [0.15, 0.2) is 97.1 Å². The van der Waals surface area contributed by atoms with Gasteiger partial charge in [-0.25, -0.2) is 0 Å². The lowest BCUT2D eigenvalue weighted by Crippen LogP contribution is -2.50. The average Bonchev–Trinajstić information content (AvgIpc) is 3.27. The highest BCUT2D eigenvalue weighted by molar-refractivity contribution is 6.31. The lowest BCUT2D eigenvalue weighted by molar-refractivity contribution is -0.173. The SMILES string of the molecule is CN1C(=O)[C@@H](CCN2CCOCC2)O[C@H](c2ccc(Cl)cc2)[C@@H]1c1ccc(Cl)cc1.CN1C(=O)[C@H](CCN2CCOCC2)O[C@@H](c2ccc(Cl)cc2)[C@H]1c1ccc(Cl)cc1.